The fourth-order valence-corrected chi connectivity index (χ4v) is 1.98. The summed E-state index contributed by atoms with van der Waals surface area (Å²) in [7, 11) is 0. The van der Waals surface area contributed by atoms with Crippen LogP contribution in [0.15, 0.2) is 18.2 Å². The Bertz CT molecular complexity index is 402. The molecule has 106 valence electrons. The highest BCUT2D eigenvalue weighted by atomic mass is 16.5. The predicted molar refractivity (Wildman–Crippen MR) is 79.2 cm³/mol. The molecule has 0 radical (unpaired) electrons. The number of esters is 1. The van der Waals surface area contributed by atoms with Gasteiger partial charge >= 0.3 is 5.97 Å². The zero-order chi connectivity index (χ0) is 14.1. The van der Waals surface area contributed by atoms with E-state index in [1.54, 1.807) is 12.1 Å². The molecule has 0 aliphatic heterocycles. The van der Waals surface area contributed by atoms with Crippen molar-refractivity contribution in [3.05, 3.63) is 29.3 Å². The number of carbonyl (C=O) groups is 1. The van der Waals surface area contributed by atoms with Gasteiger partial charge in [0, 0.05) is 5.69 Å². The molecular formula is C16H25NO2. The Hall–Kier alpha value is -1.51. The van der Waals surface area contributed by atoms with E-state index in [0.717, 1.165) is 18.4 Å². The summed E-state index contributed by atoms with van der Waals surface area (Å²) in [5.41, 5.74) is 7.75. The Morgan fingerprint density at radius 1 is 1.16 bits per heavy atom. The first-order chi connectivity index (χ1) is 9.15. The monoisotopic (exact) mass is 263 g/mol. The average Bonchev–Trinajstić information content (AvgIpc) is 2.40. The van der Waals surface area contributed by atoms with Gasteiger partial charge in [-0.15, -0.1) is 0 Å². The van der Waals surface area contributed by atoms with Gasteiger partial charge in [-0.05, 0) is 31.0 Å². The lowest BCUT2D eigenvalue weighted by molar-refractivity contribution is 0.0497. The average molecular weight is 263 g/mol. The number of nitrogens with two attached hydrogens (primary N) is 1. The fraction of sp³-hybridized carbons (Fsp3) is 0.562. The largest absolute Gasteiger partial charge is 0.462 e. The van der Waals surface area contributed by atoms with E-state index in [0.29, 0.717) is 17.9 Å². The van der Waals surface area contributed by atoms with Gasteiger partial charge in [0.25, 0.3) is 0 Å². The minimum absolute atomic E-state index is 0.265. The summed E-state index contributed by atoms with van der Waals surface area (Å²) in [6, 6.07) is 5.31. The number of nitrogen functional groups attached to an aromatic ring is 1. The van der Waals surface area contributed by atoms with E-state index in [1.807, 2.05) is 13.0 Å². The molecule has 3 nitrogen and oxygen atoms in total. The van der Waals surface area contributed by atoms with Gasteiger partial charge in [0.05, 0.1) is 12.2 Å². The smallest absolute Gasteiger partial charge is 0.338 e. The zero-order valence-electron chi connectivity index (χ0n) is 12.1. The SMILES string of the molecule is CCCCCCCCOC(=O)c1cc(N)ccc1C. The highest BCUT2D eigenvalue weighted by molar-refractivity contribution is 5.92. The summed E-state index contributed by atoms with van der Waals surface area (Å²) in [4.78, 5) is 11.9. The molecule has 0 saturated heterocycles. The summed E-state index contributed by atoms with van der Waals surface area (Å²) in [6.45, 7) is 4.59. The number of unbranched alkanes of at least 4 members (excludes halogenated alkanes) is 5. The fourth-order valence-electron chi connectivity index (χ4n) is 1.98. The number of ether oxygens (including phenoxy) is 1. The topological polar surface area (TPSA) is 52.3 Å². The first-order valence-electron chi connectivity index (χ1n) is 7.18. The van der Waals surface area contributed by atoms with Crippen LogP contribution in [0.5, 0.6) is 0 Å². The van der Waals surface area contributed by atoms with Crippen molar-refractivity contribution in [1.29, 1.82) is 0 Å². The molecule has 1 aromatic carbocycles. The van der Waals surface area contributed by atoms with E-state index in [2.05, 4.69) is 6.92 Å². The van der Waals surface area contributed by atoms with E-state index in [9.17, 15) is 4.79 Å². The lowest BCUT2D eigenvalue weighted by Crippen LogP contribution is -2.08. The normalized spacial score (nSPS) is 10.4. The number of carbonyl (C=O) groups excluding carboxylic acids is 1. The van der Waals surface area contributed by atoms with Gasteiger partial charge < -0.3 is 10.5 Å². The van der Waals surface area contributed by atoms with E-state index in [-0.39, 0.29) is 5.97 Å². The highest BCUT2D eigenvalue weighted by Crippen LogP contribution is 2.14. The highest BCUT2D eigenvalue weighted by Gasteiger charge is 2.10. The third-order valence-electron chi connectivity index (χ3n) is 3.21. The third-order valence-corrected chi connectivity index (χ3v) is 3.21. The molecule has 0 aliphatic carbocycles. The summed E-state index contributed by atoms with van der Waals surface area (Å²) < 4.78 is 5.28. The second-order valence-corrected chi connectivity index (χ2v) is 4.98. The third kappa shape index (κ3) is 5.77. The zero-order valence-corrected chi connectivity index (χ0v) is 12.1. The van der Waals surface area contributed by atoms with Crippen molar-refractivity contribution in [3.63, 3.8) is 0 Å². The van der Waals surface area contributed by atoms with Crippen LogP contribution in [0.25, 0.3) is 0 Å². The van der Waals surface area contributed by atoms with Gasteiger partial charge in [0.2, 0.25) is 0 Å². The molecule has 0 spiro atoms. The molecule has 2 N–H and O–H groups in total. The van der Waals surface area contributed by atoms with Crippen molar-refractivity contribution in [2.45, 2.75) is 52.4 Å². The van der Waals surface area contributed by atoms with Crippen molar-refractivity contribution in [1.82, 2.24) is 0 Å². The molecule has 19 heavy (non-hydrogen) atoms. The number of aryl methyl sites for hydroxylation is 1. The van der Waals surface area contributed by atoms with Crippen molar-refractivity contribution >= 4 is 11.7 Å². The predicted octanol–water partition coefficient (Wildman–Crippen LogP) is 4.09. The van der Waals surface area contributed by atoms with Crippen molar-refractivity contribution in [2.75, 3.05) is 12.3 Å². The van der Waals surface area contributed by atoms with E-state index >= 15 is 0 Å². The summed E-state index contributed by atoms with van der Waals surface area (Å²) in [5.74, 6) is -0.265. The summed E-state index contributed by atoms with van der Waals surface area (Å²) >= 11 is 0. The van der Waals surface area contributed by atoms with Crippen LogP contribution in [0.1, 0.15) is 61.4 Å². The van der Waals surface area contributed by atoms with Crippen molar-refractivity contribution in [2.24, 2.45) is 0 Å². The standard InChI is InChI=1S/C16H25NO2/c1-3-4-5-6-7-8-11-19-16(18)15-12-14(17)10-9-13(15)2/h9-10,12H,3-8,11,17H2,1-2H3. The second kappa shape index (κ2) is 8.57. The van der Waals surface area contributed by atoms with Gasteiger partial charge in [-0.1, -0.05) is 45.1 Å². The second-order valence-electron chi connectivity index (χ2n) is 4.98. The number of anilines is 1. The van der Waals surface area contributed by atoms with Gasteiger partial charge in [0.15, 0.2) is 0 Å². The van der Waals surface area contributed by atoms with Crippen LogP contribution >= 0.6 is 0 Å². The first-order valence-corrected chi connectivity index (χ1v) is 7.18. The maximum absolute atomic E-state index is 11.9. The Labute approximate surface area is 116 Å². The Balaban J connectivity index is 2.26. The molecule has 0 fully saturated rings. The van der Waals surface area contributed by atoms with Gasteiger partial charge in [-0.3, -0.25) is 0 Å². The van der Waals surface area contributed by atoms with Crippen LogP contribution in [0.2, 0.25) is 0 Å². The molecule has 0 amide bonds. The number of rotatable bonds is 8. The Morgan fingerprint density at radius 3 is 2.58 bits per heavy atom. The molecule has 3 heteroatoms. The maximum Gasteiger partial charge on any atom is 0.338 e. The van der Waals surface area contributed by atoms with Crippen LogP contribution < -0.4 is 5.73 Å². The first kappa shape index (κ1) is 15.5. The van der Waals surface area contributed by atoms with E-state index < -0.39 is 0 Å². The maximum atomic E-state index is 11.9. The van der Waals surface area contributed by atoms with Crippen molar-refractivity contribution in [3.8, 4) is 0 Å². The van der Waals surface area contributed by atoms with Crippen LogP contribution in [0.4, 0.5) is 5.69 Å². The number of hydrogen-bond acceptors (Lipinski definition) is 3. The minimum atomic E-state index is -0.265. The van der Waals surface area contributed by atoms with Gasteiger partial charge in [0.1, 0.15) is 0 Å². The van der Waals surface area contributed by atoms with Crippen molar-refractivity contribution < 1.29 is 9.53 Å². The molecular weight excluding hydrogens is 238 g/mol. The Kier molecular flexibility index (Phi) is 7.01. The molecule has 0 heterocycles. The molecule has 0 unspecified atom stereocenters. The van der Waals surface area contributed by atoms with E-state index in [1.165, 1.54) is 25.7 Å². The molecule has 1 rings (SSSR count). The van der Waals surface area contributed by atoms with Gasteiger partial charge in [-0.25, -0.2) is 4.79 Å². The van der Waals surface area contributed by atoms with Gasteiger partial charge in [-0.2, -0.15) is 0 Å². The molecule has 0 atom stereocenters. The Morgan fingerprint density at radius 2 is 1.84 bits per heavy atom. The number of hydrogen-bond donors (Lipinski definition) is 1. The molecule has 0 bridgehead atoms. The summed E-state index contributed by atoms with van der Waals surface area (Å²) in [5, 5.41) is 0. The minimum Gasteiger partial charge on any atom is -0.462 e. The van der Waals surface area contributed by atoms with Crippen LogP contribution in [0.3, 0.4) is 0 Å². The quantitative estimate of drug-likeness (QED) is 0.436. The van der Waals surface area contributed by atoms with E-state index in [4.69, 9.17) is 10.5 Å². The lowest BCUT2D eigenvalue weighted by atomic mass is 10.1. The molecule has 1 aromatic rings. The van der Waals surface area contributed by atoms with Crippen LogP contribution in [-0.2, 0) is 4.74 Å². The molecule has 0 saturated carbocycles. The number of benzene rings is 1. The lowest BCUT2D eigenvalue weighted by Gasteiger charge is -2.08. The molecule has 0 aromatic heterocycles. The van der Waals surface area contributed by atoms with Crippen LogP contribution in [-0.4, -0.2) is 12.6 Å². The molecule has 0 aliphatic rings. The summed E-state index contributed by atoms with van der Waals surface area (Å²) in [6.07, 6.45) is 7.12. The van der Waals surface area contributed by atoms with Crippen LogP contribution in [0, 0.1) is 6.92 Å².